The fraction of sp³-hybridized carbons (Fsp3) is 0. The zero-order chi connectivity index (χ0) is 29.0. The summed E-state index contributed by atoms with van der Waals surface area (Å²) in [6.07, 6.45) is 5.75. The molecule has 9 rings (SSSR count). The van der Waals surface area contributed by atoms with Crippen LogP contribution in [0, 0.1) is 0 Å². The summed E-state index contributed by atoms with van der Waals surface area (Å²) in [5.41, 5.74) is 11.0. The number of benzene rings is 5. The highest BCUT2D eigenvalue weighted by atomic mass is 15.2. The van der Waals surface area contributed by atoms with Crippen molar-refractivity contribution in [1.82, 2.24) is 24.1 Å². The van der Waals surface area contributed by atoms with E-state index in [0.29, 0.717) is 5.82 Å². The number of pyridine rings is 1. The topological polar surface area (TPSA) is 48.0 Å². The second kappa shape index (κ2) is 9.75. The minimum absolute atomic E-state index is 0.706. The molecule has 0 spiro atoms. The van der Waals surface area contributed by atoms with E-state index < -0.39 is 0 Å². The van der Waals surface area contributed by atoms with Gasteiger partial charge in [-0.2, -0.15) is 5.10 Å². The number of hydrogen-bond donors (Lipinski definition) is 0. The van der Waals surface area contributed by atoms with Gasteiger partial charge in [-0.3, -0.25) is 0 Å². The molecule has 0 N–H and O–H groups in total. The Morgan fingerprint density at radius 3 is 1.70 bits per heavy atom. The molecule has 0 radical (unpaired) electrons. The minimum atomic E-state index is 0.706. The molecular formula is C39H25N5. The molecule has 0 fully saturated rings. The summed E-state index contributed by atoms with van der Waals surface area (Å²) in [4.78, 5) is 9.46. The monoisotopic (exact) mass is 563 g/mol. The molecule has 4 aromatic heterocycles. The third-order valence-corrected chi connectivity index (χ3v) is 8.54. The summed E-state index contributed by atoms with van der Waals surface area (Å²) in [7, 11) is 0. The molecule has 9 aromatic rings. The molecule has 0 atom stereocenters. The van der Waals surface area contributed by atoms with Gasteiger partial charge in [0, 0.05) is 50.9 Å². The molecule has 5 aromatic carbocycles. The van der Waals surface area contributed by atoms with Crippen molar-refractivity contribution in [2.45, 2.75) is 0 Å². The van der Waals surface area contributed by atoms with E-state index in [1.165, 1.54) is 27.2 Å². The van der Waals surface area contributed by atoms with E-state index in [1.54, 1.807) is 0 Å². The van der Waals surface area contributed by atoms with Crippen LogP contribution in [0.4, 0.5) is 0 Å². The molecule has 5 heteroatoms. The van der Waals surface area contributed by atoms with Crippen molar-refractivity contribution in [3.05, 3.63) is 152 Å². The van der Waals surface area contributed by atoms with Gasteiger partial charge in [0.05, 0.1) is 28.3 Å². The fourth-order valence-corrected chi connectivity index (χ4v) is 6.35. The van der Waals surface area contributed by atoms with E-state index in [4.69, 9.17) is 9.97 Å². The third kappa shape index (κ3) is 3.83. The van der Waals surface area contributed by atoms with Gasteiger partial charge in [0.1, 0.15) is 0 Å². The lowest BCUT2D eigenvalue weighted by Crippen LogP contribution is -1.94. The molecule has 4 heterocycles. The normalized spacial score (nSPS) is 11.6. The van der Waals surface area contributed by atoms with Gasteiger partial charge in [-0.25, -0.2) is 14.5 Å². The molecule has 0 aliphatic heterocycles. The molecule has 5 nitrogen and oxygen atoms in total. The summed E-state index contributed by atoms with van der Waals surface area (Å²) < 4.78 is 4.33. The first-order chi connectivity index (χ1) is 21.8. The van der Waals surface area contributed by atoms with Crippen LogP contribution in [0.1, 0.15) is 0 Å². The van der Waals surface area contributed by atoms with Crippen molar-refractivity contribution in [2.75, 3.05) is 0 Å². The highest BCUT2D eigenvalue weighted by molar-refractivity contribution is 6.09. The van der Waals surface area contributed by atoms with Crippen molar-refractivity contribution in [3.63, 3.8) is 0 Å². The number of para-hydroxylation sites is 3. The van der Waals surface area contributed by atoms with Crippen LogP contribution in [-0.4, -0.2) is 24.1 Å². The highest BCUT2D eigenvalue weighted by Gasteiger charge is 2.13. The first kappa shape index (κ1) is 24.5. The smallest absolute Gasteiger partial charge is 0.159 e. The van der Waals surface area contributed by atoms with Crippen LogP contribution in [0.2, 0.25) is 0 Å². The lowest BCUT2D eigenvalue weighted by molar-refractivity contribution is 1.00. The van der Waals surface area contributed by atoms with Crippen molar-refractivity contribution in [3.8, 4) is 39.3 Å². The van der Waals surface area contributed by atoms with Crippen LogP contribution in [0.25, 0.3) is 77.6 Å². The Morgan fingerprint density at radius 1 is 0.409 bits per heavy atom. The Hall–Kier alpha value is -6.07. The third-order valence-electron chi connectivity index (χ3n) is 8.54. The highest BCUT2D eigenvalue weighted by Crippen LogP contribution is 2.33. The number of nitrogens with zero attached hydrogens (tertiary/aromatic N) is 5. The summed E-state index contributed by atoms with van der Waals surface area (Å²) in [6, 6.07) is 46.7. The SMILES string of the molecule is c1ccc2c(c1)ccc1c(-c3ccc(-c4cnc(-c5ccc(-n6c7ccccc7c7ccccc76)cc5)nc4)cc3)cnn12. The molecular weight excluding hydrogens is 538 g/mol. The minimum Gasteiger partial charge on any atom is -0.309 e. The quantitative estimate of drug-likeness (QED) is 0.214. The first-order valence-electron chi connectivity index (χ1n) is 14.7. The maximum atomic E-state index is 4.73. The Labute approximate surface area is 253 Å². The predicted octanol–water partition coefficient (Wildman–Crippen LogP) is 9.38. The van der Waals surface area contributed by atoms with Crippen molar-refractivity contribution in [2.24, 2.45) is 0 Å². The zero-order valence-corrected chi connectivity index (χ0v) is 23.7. The van der Waals surface area contributed by atoms with Gasteiger partial charge < -0.3 is 4.57 Å². The van der Waals surface area contributed by atoms with Gasteiger partial charge in [-0.15, -0.1) is 0 Å². The van der Waals surface area contributed by atoms with Crippen LogP contribution in [0.15, 0.2) is 152 Å². The van der Waals surface area contributed by atoms with E-state index in [2.05, 4.69) is 137 Å². The van der Waals surface area contributed by atoms with Crippen LogP contribution >= 0.6 is 0 Å². The lowest BCUT2D eigenvalue weighted by Gasteiger charge is -2.09. The van der Waals surface area contributed by atoms with Crippen molar-refractivity contribution >= 4 is 38.2 Å². The Morgan fingerprint density at radius 2 is 1.00 bits per heavy atom. The molecule has 0 bridgehead atoms. The summed E-state index contributed by atoms with van der Waals surface area (Å²) in [6.45, 7) is 0. The summed E-state index contributed by atoms with van der Waals surface area (Å²) >= 11 is 0. The van der Waals surface area contributed by atoms with Crippen LogP contribution in [0.5, 0.6) is 0 Å². The van der Waals surface area contributed by atoms with Gasteiger partial charge in [0.2, 0.25) is 0 Å². The average molecular weight is 564 g/mol. The van der Waals surface area contributed by atoms with Gasteiger partial charge in [0.15, 0.2) is 5.82 Å². The van der Waals surface area contributed by atoms with E-state index in [-0.39, 0.29) is 0 Å². The number of aromatic nitrogens is 5. The number of rotatable bonds is 4. The van der Waals surface area contributed by atoms with Gasteiger partial charge in [-0.1, -0.05) is 84.9 Å². The van der Waals surface area contributed by atoms with Gasteiger partial charge in [0.25, 0.3) is 0 Å². The molecule has 44 heavy (non-hydrogen) atoms. The second-order valence-electron chi connectivity index (χ2n) is 11.0. The van der Waals surface area contributed by atoms with Crippen molar-refractivity contribution < 1.29 is 0 Å². The Balaban J connectivity index is 0.994. The maximum absolute atomic E-state index is 4.73. The molecule has 206 valence electrons. The van der Waals surface area contributed by atoms with Crippen LogP contribution in [0.3, 0.4) is 0 Å². The predicted molar refractivity (Wildman–Crippen MR) is 179 cm³/mol. The second-order valence-corrected chi connectivity index (χ2v) is 11.0. The summed E-state index contributed by atoms with van der Waals surface area (Å²) in [5, 5.41) is 8.37. The lowest BCUT2D eigenvalue weighted by atomic mass is 10.0. The maximum Gasteiger partial charge on any atom is 0.159 e. The first-order valence-corrected chi connectivity index (χ1v) is 14.7. The summed E-state index contributed by atoms with van der Waals surface area (Å²) in [5.74, 6) is 0.706. The zero-order valence-electron chi connectivity index (χ0n) is 23.7. The van der Waals surface area contributed by atoms with Gasteiger partial charge >= 0.3 is 0 Å². The molecule has 0 aliphatic carbocycles. The van der Waals surface area contributed by atoms with E-state index in [9.17, 15) is 0 Å². The Kier molecular flexibility index (Phi) is 5.43. The molecule has 0 saturated carbocycles. The number of fused-ring (bicyclic) bond motifs is 6. The van der Waals surface area contributed by atoms with Gasteiger partial charge in [-0.05, 0) is 59.7 Å². The molecule has 0 saturated heterocycles. The standard InChI is InChI=1S/C39H25N5/c1-4-10-35-28(7-1)19-22-38-34(25-42-44(35)38)27-15-13-26(14-16-27)30-23-40-39(41-24-30)29-17-20-31(21-18-29)43-36-11-5-2-8-32(36)33-9-3-6-12-37(33)43/h1-25H. The molecule has 0 aliphatic rings. The van der Waals surface area contributed by atoms with Crippen molar-refractivity contribution in [1.29, 1.82) is 0 Å². The number of hydrogen-bond acceptors (Lipinski definition) is 3. The average Bonchev–Trinajstić information content (AvgIpc) is 3.69. The van der Waals surface area contributed by atoms with E-state index in [1.807, 2.05) is 29.2 Å². The molecule has 0 amide bonds. The fourth-order valence-electron chi connectivity index (χ4n) is 6.35. The van der Waals surface area contributed by atoms with E-state index in [0.717, 1.165) is 44.5 Å². The Bertz CT molecular complexity index is 2410. The van der Waals surface area contributed by atoms with Crippen LogP contribution in [-0.2, 0) is 0 Å². The van der Waals surface area contributed by atoms with Crippen LogP contribution < -0.4 is 0 Å². The van der Waals surface area contributed by atoms with E-state index >= 15 is 0 Å². The molecule has 0 unspecified atom stereocenters. The largest absolute Gasteiger partial charge is 0.309 e.